The van der Waals surface area contributed by atoms with Gasteiger partial charge in [-0.05, 0) is 17.7 Å². The molecule has 4 nitrogen and oxygen atoms in total. The van der Waals surface area contributed by atoms with E-state index in [2.05, 4.69) is 5.32 Å². The third-order valence-electron chi connectivity index (χ3n) is 2.25. The van der Waals surface area contributed by atoms with Crippen LogP contribution >= 0.6 is 0 Å². The van der Waals surface area contributed by atoms with Crippen molar-refractivity contribution in [3.05, 3.63) is 29.8 Å². The number of ether oxygens (including phenoxy) is 1. The number of carbonyl (C=O) groups excluding carboxylic acids is 1. The lowest BCUT2D eigenvalue weighted by atomic mass is 9.99. The second-order valence-corrected chi connectivity index (χ2v) is 3.27. The lowest BCUT2D eigenvalue weighted by molar-refractivity contribution is 0.120. The fourth-order valence-electron chi connectivity index (χ4n) is 1.49. The van der Waals surface area contributed by atoms with Gasteiger partial charge in [-0.2, -0.15) is 0 Å². The zero-order chi connectivity index (χ0) is 9.97. The Morgan fingerprint density at radius 3 is 3.00 bits per heavy atom. The van der Waals surface area contributed by atoms with Crippen molar-refractivity contribution >= 4 is 6.09 Å². The minimum atomic E-state index is -0.374. The monoisotopic (exact) mass is 193 g/mol. The molecule has 1 aromatic rings. The third-order valence-corrected chi connectivity index (χ3v) is 2.25. The molecule has 1 heterocycles. The topological polar surface area (TPSA) is 58.6 Å². The molecule has 1 aromatic carbocycles. The van der Waals surface area contributed by atoms with Gasteiger partial charge in [0, 0.05) is 12.5 Å². The van der Waals surface area contributed by atoms with Crippen molar-refractivity contribution in [2.75, 3.05) is 13.2 Å². The number of hydrogen-bond donors (Lipinski definition) is 2. The molecule has 1 saturated heterocycles. The molecular weight excluding hydrogens is 182 g/mol. The number of amides is 1. The van der Waals surface area contributed by atoms with Gasteiger partial charge in [-0.15, -0.1) is 0 Å². The van der Waals surface area contributed by atoms with E-state index >= 15 is 0 Å². The minimum Gasteiger partial charge on any atom is -0.508 e. The number of alkyl carbamates (subject to hydrolysis) is 1. The second kappa shape index (κ2) is 3.57. The fourth-order valence-corrected chi connectivity index (χ4v) is 1.49. The normalized spacial score (nSPS) is 21.1. The predicted octanol–water partition coefficient (Wildman–Crippen LogP) is 1.22. The molecule has 0 spiro atoms. The van der Waals surface area contributed by atoms with Crippen molar-refractivity contribution in [1.29, 1.82) is 0 Å². The maximum atomic E-state index is 10.7. The number of rotatable bonds is 1. The molecule has 0 radical (unpaired) electrons. The summed E-state index contributed by atoms with van der Waals surface area (Å²) < 4.78 is 4.85. The molecule has 1 unspecified atom stereocenters. The van der Waals surface area contributed by atoms with Crippen molar-refractivity contribution in [2.45, 2.75) is 5.92 Å². The van der Waals surface area contributed by atoms with E-state index in [-0.39, 0.29) is 17.8 Å². The predicted molar refractivity (Wildman–Crippen MR) is 50.2 cm³/mol. The van der Waals surface area contributed by atoms with Gasteiger partial charge in [0.25, 0.3) is 0 Å². The van der Waals surface area contributed by atoms with Crippen LogP contribution in [0.1, 0.15) is 11.5 Å². The summed E-state index contributed by atoms with van der Waals surface area (Å²) >= 11 is 0. The van der Waals surface area contributed by atoms with Gasteiger partial charge in [0.2, 0.25) is 0 Å². The van der Waals surface area contributed by atoms with Gasteiger partial charge >= 0.3 is 6.09 Å². The Morgan fingerprint density at radius 1 is 1.50 bits per heavy atom. The summed E-state index contributed by atoms with van der Waals surface area (Å²) in [6.07, 6.45) is -0.374. The zero-order valence-electron chi connectivity index (χ0n) is 7.56. The summed E-state index contributed by atoms with van der Waals surface area (Å²) in [5.74, 6) is 0.360. The highest BCUT2D eigenvalue weighted by Crippen LogP contribution is 2.21. The van der Waals surface area contributed by atoms with Crippen LogP contribution in [0.3, 0.4) is 0 Å². The van der Waals surface area contributed by atoms with Crippen LogP contribution < -0.4 is 5.32 Å². The number of phenolic OH excluding ortho intramolecular Hbond substituents is 1. The molecule has 0 saturated carbocycles. The van der Waals surface area contributed by atoms with E-state index in [0.717, 1.165) is 5.56 Å². The van der Waals surface area contributed by atoms with Crippen LogP contribution in [0.5, 0.6) is 5.75 Å². The highest BCUT2D eigenvalue weighted by Gasteiger charge is 2.20. The lowest BCUT2D eigenvalue weighted by Crippen LogP contribution is -2.37. The van der Waals surface area contributed by atoms with Crippen LogP contribution in [-0.4, -0.2) is 24.4 Å². The van der Waals surface area contributed by atoms with Gasteiger partial charge < -0.3 is 15.2 Å². The van der Waals surface area contributed by atoms with Gasteiger partial charge in [0.15, 0.2) is 0 Å². The van der Waals surface area contributed by atoms with Crippen LogP contribution in [0.15, 0.2) is 24.3 Å². The quantitative estimate of drug-likeness (QED) is 0.704. The third kappa shape index (κ3) is 1.79. The van der Waals surface area contributed by atoms with Crippen LogP contribution in [0.25, 0.3) is 0 Å². The summed E-state index contributed by atoms with van der Waals surface area (Å²) in [5, 5.41) is 11.9. The van der Waals surface area contributed by atoms with Gasteiger partial charge in [-0.1, -0.05) is 12.1 Å². The molecule has 1 aliphatic heterocycles. The summed E-state index contributed by atoms with van der Waals surface area (Å²) in [5.41, 5.74) is 0.977. The first-order valence-corrected chi connectivity index (χ1v) is 4.45. The van der Waals surface area contributed by atoms with Crippen LogP contribution in [0.4, 0.5) is 4.79 Å². The molecular formula is C10H11NO3. The molecule has 1 fully saturated rings. The van der Waals surface area contributed by atoms with Crippen molar-refractivity contribution in [3.8, 4) is 5.75 Å². The molecule has 4 heteroatoms. The number of aromatic hydroxyl groups is 1. The first-order chi connectivity index (χ1) is 6.75. The SMILES string of the molecule is O=C1NCC(c2cccc(O)c2)CO1. The van der Waals surface area contributed by atoms with Crippen LogP contribution in [0.2, 0.25) is 0 Å². The van der Waals surface area contributed by atoms with Gasteiger partial charge in [-0.3, -0.25) is 0 Å². The Kier molecular flexibility index (Phi) is 2.26. The van der Waals surface area contributed by atoms with E-state index in [1.807, 2.05) is 6.07 Å². The first kappa shape index (κ1) is 8.87. The van der Waals surface area contributed by atoms with E-state index in [1.165, 1.54) is 0 Å². The largest absolute Gasteiger partial charge is 0.508 e. The molecule has 0 aliphatic carbocycles. The number of phenols is 1. The van der Waals surface area contributed by atoms with E-state index in [0.29, 0.717) is 13.2 Å². The van der Waals surface area contributed by atoms with Crippen LogP contribution in [-0.2, 0) is 4.74 Å². The first-order valence-electron chi connectivity index (χ1n) is 4.45. The standard InChI is InChI=1S/C10H11NO3/c12-9-3-1-2-7(4-9)8-5-11-10(13)14-6-8/h1-4,8,12H,5-6H2,(H,11,13). The Balaban J connectivity index is 2.12. The molecule has 1 atom stereocenters. The number of nitrogens with one attached hydrogen (secondary N) is 1. The summed E-state index contributed by atoms with van der Waals surface area (Å²) in [6.45, 7) is 0.928. The summed E-state index contributed by atoms with van der Waals surface area (Å²) in [7, 11) is 0. The molecule has 0 aromatic heterocycles. The maximum Gasteiger partial charge on any atom is 0.407 e. The number of cyclic esters (lactones) is 1. The lowest BCUT2D eigenvalue weighted by Gasteiger charge is -2.22. The van der Waals surface area contributed by atoms with E-state index in [4.69, 9.17) is 4.74 Å². The van der Waals surface area contributed by atoms with Crippen molar-refractivity contribution in [2.24, 2.45) is 0 Å². The van der Waals surface area contributed by atoms with Crippen molar-refractivity contribution in [3.63, 3.8) is 0 Å². The Morgan fingerprint density at radius 2 is 2.36 bits per heavy atom. The molecule has 1 aliphatic rings. The Hall–Kier alpha value is -1.71. The molecule has 2 rings (SSSR count). The average Bonchev–Trinajstić information content (AvgIpc) is 2.19. The summed E-state index contributed by atoms with van der Waals surface area (Å²) in [6, 6.07) is 6.99. The fraction of sp³-hybridized carbons (Fsp3) is 0.300. The highest BCUT2D eigenvalue weighted by molar-refractivity contribution is 5.68. The highest BCUT2D eigenvalue weighted by atomic mass is 16.6. The van der Waals surface area contributed by atoms with E-state index < -0.39 is 0 Å². The Bertz CT molecular complexity index is 341. The Labute approximate surface area is 81.5 Å². The van der Waals surface area contributed by atoms with Gasteiger partial charge in [0.1, 0.15) is 12.4 Å². The minimum absolute atomic E-state index is 0.125. The average molecular weight is 193 g/mol. The van der Waals surface area contributed by atoms with E-state index in [1.54, 1.807) is 18.2 Å². The van der Waals surface area contributed by atoms with Crippen molar-refractivity contribution in [1.82, 2.24) is 5.32 Å². The smallest absolute Gasteiger partial charge is 0.407 e. The summed E-state index contributed by atoms with van der Waals surface area (Å²) in [4.78, 5) is 10.7. The molecule has 1 amide bonds. The molecule has 2 N–H and O–H groups in total. The number of hydrogen-bond acceptors (Lipinski definition) is 3. The number of carbonyl (C=O) groups is 1. The molecule has 74 valence electrons. The van der Waals surface area contributed by atoms with Crippen molar-refractivity contribution < 1.29 is 14.6 Å². The number of benzene rings is 1. The zero-order valence-corrected chi connectivity index (χ0v) is 7.56. The second-order valence-electron chi connectivity index (χ2n) is 3.27. The van der Waals surface area contributed by atoms with Crippen LogP contribution in [0, 0.1) is 0 Å². The van der Waals surface area contributed by atoms with Gasteiger partial charge in [0.05, 0.1) is 0 Å². The van der Waals surface area contributed by atoms with E-state index in [9.17, 15) is 9.90 Å². The molecule has 14 heavy (non-hydrogen) atoms. The maximum absolute atomic E-state index is 10.7. The van der Waals surface area contributed by atoms with Gasteiger partial charge in [-0.25, -0.2) is 4.79 Å². The molecule has 0 bridgehead atoms.